The molecule has 4 nitrogen and oxygen atoms in total. The highest BCUT2D eigenvalue weighted by atomic mass is 28.4. The van der Waals surface area contributed by atoms with E-state index in [2.05, 4.69) is 5.73 Å². The van der Waals surface area contributed by atoms with Crippen molar-refractivity contribution < 1.29 is 14.0 Å². The summed E-state index contributed by atoms with van der Waals surface area (Å²) in [5, 5.41) is 9.39. The third-order valence-electron chi connectivity index (χ3n) is 1.80. The molecule has 0 aromatic rings. The fourth-order valence-electron chi connectivity index (χ4n) is 0.726. The largest absolute Gasteiger partial charge is 0.396 e. The zero-order chi connectivity index (χ0) is 10.2. The van der Waals surface area contributed by atoms with Crippen molar-refractivity contribution >= 4 is 8.56 Å². The van der Waals surface area contributed by atoms with Gasteiger partial charge < -0.3 is 19.7 Å². The van der Waals surface area contributed by atoms with Gasteiger partial charge in [0.2, 0.25) is 0 Å². The molecule has 0 aromatic carbocycles. The maximum absolute atomic E-state index is 9.39. The number of hydrogen-bond donors (Lipinski definition) is 2. The molecule has 0 aromatic heterocycles. The van der Waals surface area contributed by atoms with Gasteiger partial charge in [-0.1, -0.05) is 6.92 Å². The molecule has 0 aliphatic carbocycles. The van der Waals surface area contributed by atoms with Crippen LogP contribution in [0.4, 0.5) is 0 Å². The summed E-state index contributed by atoms with van der Waals surface area (Å²) in [6.45, 7) is 3.76. The van der Waals surface area contributed by atoms with Crippen molar-refractivity contribution in [2.75, 3.05) is 21.3 Å². The Balaban J connectivity index is 0. The van der Waals surface area contributed by atoms with Crippen LogP contribution in [0.1, 0.15) is 13.3 Å². The van der Waals surface area contributed by atoms with E-state index in [1.54, 1.807) is 14.2 Å². The number of aliphatic hydroxyl groups is 1. The van der Waals surface area contributed by atoms with Crippen LogP contribution in [-0.2, 0) is 8.85 Å². The van der Waals surface area contributed by atoms with Crippen molar-refractivity contribution in [2.45, 2.75) is 25.6 Å². The highest BCUT2D eigenvalue weighted by Crippen LogP contribution is 2.12. The zero-order valence-corrected chi connectivity index (χ0v) is 9.63. The summed E-state index contributed by atoms with van der Waals surface area (Å²) < 4.78 is 10.2. The molecule has 0 aliphatic rings. The van der Waals surface area contributed by atoms with Gasteiger partial charge in [-0.25, -0.2) is 0 Å². The summed E-state index contributed by atoms with van der Waals surface area (Å²) in [7, 11) is 2.41. The lowest BCUT2D eigenvalue weighted by Gasteiger charge is -2.26. The van der Waals surface area contributed by atoms with Crippen LogP contribution < -0.4 is 5.73 Å². The Morgan fingerprint density at radius 1 is 1.33 bits per heavy atom. The molecule has 0 saturated carbocycles. The van der Waals surface area contributed by atoms with Gasteiger partial charge >= 0.3 is 8.56 Å². The lowest BCUT2D eigenvalue weighted by Crippen LogP contribution is -2.48. The molecule has 0 fully saturated rings. The van der Waals surface area contributed by atoms with Gasteiger partial charge in [-0.15, -0.1) is 0 Å². The van der Waals surface area contributed by atoms with Crippen molar-refractivity contribution in [3.63, 3.8) is 0 Å². The van der Waals surface area contributed by atoms with Gasteiger partial charge in [0.25, 0.3) is 0 Å². The Hall–Kier alpha value is 0.0569. The van der Waals surface area contributed by atoms with Crippen LogP contribution in [0.3, 0.4) is 0 Å². The van der Waals surface area contributed by atoms with E-state index in [4.69, 9.17) is 8.85 Å². The smallest absolute Gasteiger partial charge is 0.364 e. The third-order valence-corrected chi connectivity index (χ3v) is 5.04. The second kappa shape index (κ2) is 7.69. The van der Waals surface area contributed by atoms with Gasteiger partial charge in [0.15, 0.2) is 0 Å². The highest BCUT2D eigenvalue weighted by molar-refractivity contribution is 6.67. The molecule has 0 amide bonds. The first kappa shape index (κ1) is 14.6. The molecule has 12 heavy (non-hydrogen) atoms. The normalized spacial score (nSPS) is 13.2. The molecule has 0 rings (SSSR count). The van der Waals surface area contributed by atoms with E-state index >= 15 is 0 Å². The minimum atomic E-state index is -2.25. The molecule has 1 unspecified atom stereocenters. The first-order valence-corrected chi connectivity index (χ1v) is 6.36. The molecule has 0 bridgehead atoms. The van der Waals surface area contributed by atoms with E-state index in [1.165, 1.54) is 7.05 Å². The lowest BCUT2D eigenvalue weighted by molar-refractivity contribution is 0.142. The molecule has 3 N–H and O–H groups in total. The van der Waals surface area contributed by atoms with E-state index in [1.807, 2.05) is 13.5 Å². The maximum Gasteiger partial charge on any atom is 0.364 e. The molecule has 0 radical (unpaired) electrons. The van der Waals surface area contributed by atoms with Gasteiger partial charge in [0, 0.05) is 14.2 Å². The van der Waals surface area contributed by atoms with Crippen molar-refractivity contribution in [2.24, 2.45) is 5.73 Å². The standard InChI is InChI=1S/C6H16O3Si.CH5N/c1-5-6(7)10(4,8-2)9-3;1-2/h6-7H,5H2,1-4H3;2H2,1H3. The summed E-state index contributed by atoms with van der Waals surface area (Å²) in [4.78, 5) is 0. The van der Waals surface area contributed by atoms with Gasteiger partial charge in [0.05, 0.1) is 5.73 Å². The Bertz CT molecular complexity index is 98.7. The molecule has 5 heteroatoms. The molecule has 0 saturated heterocycles. The van der Waals surface area contributed by atoms with Crippen molar-refractivity contribution in [3.8, 4) is 0 Å². The Morgan fingerprint density at radius 3 is 1.75 bits per heavy atom. The highest BCUT2D eigenvalue weighted by Gasteiger charge is 2.36. The number of nitrogens with two attached hydrogens (primary N) is 1. The summed E-state index contributed by atoms with van der Waals surface area (Å²) in [6, 6.07) is 0. The van der Waals surface area contributed by atoms with Crippen LogP contribution in [0.5, 0.6) is 0 Å². The molecular weight excluding hydrogens is 174 g/mol. The average Bonchev–Trinajstić information content (AvgIpc) is 2.18. The SMILES string of the molecule is CCC(O)[Si](C)(OC)OC.CN. The molecule has 1 atom stereocenters. The Labute approximate surface area is 75.9 Å². The second-order valence-corrected chi connectivity index (χ2v) is 5.86. The number of rotatable bonds is 4. The first-order valence-electron chi connectivity index (χ1n) is 3.96. The van der Waals surface area contributed by atoms with E-state index < -0.39 is 14.3 Å². The van der Waals surface area contributed by atoms with Crippen molar-refractivity contribution in [3.05, 3.63) is 0 Å². The van der Waals surface area contributed by atoms with Gasteiger partial charge in [0.1, 0.15) is 0 Å². The summed E-state index contributed by atoms with van der Waals surface area (Å²) in [5.41, 5.74) is 4.07. The Morgan fingerprint density at radius 2 is 1.67 bits per heavy atom. The Kier molecular flexibility index (Phi) is 9.34. The monoisotopic (exact) mass is 195 g/mol. The van der Waals surface area contributed by atoms with E-state index in [9.17, 15) is 5.11 Å². The maximum atomic E-state index is 9.39. The van der Waals surface area contributed by atoms with Gasteiger partial charge in [-0.2, -0.15) is 0 Å². The van der Waals surface area contributed by atoms with Crippen LogP contribution in [0, 0.1) is 0 Å². The van der Waals surface area contributed by atoms with Crippen molar-refractivity contribution in [1.29, 1.82) is 0 Å². The van der Waals surface area contributed by atoms with Crippen LogP contribution in [-0.4, -0.2) is 40.7 Å². The van der Waals surface area contributed by atoms with Crippen molar-refractivity contribution in [1.82, 2.24) is 0 Å². The number of hydrogen-bond acceptors (Lipinski definition) is 4. The van der Waals surface area contributed by atoms with E-state index in [0.29, 0.717) is 6.42 Å². The minimum absolute atomic E-state index is 0.428. The quantitative estimate of drug-likeness (QED) is 0.631. The molecule has 0 spiro atoms. The molecule has 0 aliphatic heterocycles. The van der Waals surface area contributed by atoms with E-state index in [-0.39, 0.29) is 0 Å². The zero-order valence-electron chi connectivity index (χ0n) is 8.63. The van der Waals surface area contributed by atoms with E-state index in [0.717, 1.165) is 0 Å². The fraction of sp³-hybridized carbons (Fsp3) is 1.00. The fourth-order valence-corrected chi connectivity index (χ4v) is 2.18. The van der Waals surface area contributed by atoms with Gasteiger partial charge in [-0.3, -0.25) is 0 Å². The summed E-state index contributed by atoms with van der Waals surface area (Å²) in [5.74, 6) is 0. The molecular formula is C7H21NO3Si. The summed E-state index contributed by atoms with van der Waals surface area (Å²) >= 11 is 0. The van der Waals surface area contributed by atoms with Crippen LogP contribution in [0.2, 0.25) is 6.55 Å². The lowest BCUT2D eigenvalue weighted by atomic mass is 10.5. The molecule has 0 heterocycles. The van der Waals surface area contributed by atoms with Crippen LogP contribution in [0.25, 0.3) is 0 Å². The average molecular weight is 195 g/mol. The topological polar surface area (TPSA) is 64.7 Å². The number of aliphatic hydroxyl groups excluding tert-OH is 1. The predicted molar refractivity (Wildman–Crippen MR) is 52.0 cm³/mol. The third kappa shape index (κ3) is 4.17. The molecule has 76 valence electrons. The van der Waals surface area contributed by atoms with Crippen LogP contribution >= 0.6 is 0 Å². The second-order valence-electron chi connectivity index (χ2n) is 2.35. The predicted octanol–water partition coefficient (Wildman–Crippen LogP) is 0.236. The minimum Gasteiger partial charge on any atom is -0.396 e. The summed E-state index contributed by atoms with van der Waals surface area (Å²) in [6.07, 6.45) is 0.685. The first-order chi connectivity index (χ1) is 5.60. The van der Waals surface area contributed by atoms with Gasteiger partial charge in [-0.05, 0) is 20.0 Å². The van der Waals surface area contributed by atoms with Crippen LogP contribution in [0.15, 0.2) is 0 Å².